The Kier molecular flexibility index (Phi) is 6.59. The summed E-state index contributed by atoms with van der Waals surface area (Å²) >= 11 is 7.08. The third kappa shape index (κ3) is 4.74. The van der Waals surface area contributed by atoms with E-state index in [9.17, 15) is 14.4 Å². The van der Waals surface area contributed by atoms with E-state index in [0.717, 1.165) is 10.4 Å². The van der Waals surface area contributed by atoms with Crippen LogP contribution in [0.25, 0.3) is 0 Å². The zero-order valence-corrected chi connectivity index (χ0v) is 15.6. The number of azo groups is 1. The number of ketones is 1. The first-order valence-electron chi connectivity index (χ1n) is 7.55. The van der Waals surface area contributed by atoms with Crippen LogP contribution in [0.4, 0.5) is 5.00 Å². The number of rotatable bonds is 7. The van der Waals surface area contributed by atoms with Crippen molar-refractivity contribution >= 4 is 45.6 Å². The van der Waals surface area contributed by atoms with Gasteiger partial charge in [0.15, 0.2) is 5.78 Å². The number of nitrogens with one attached hydrogen (secondary N) is 1. The molecule has 0 bridgehead atoms. The normalized spacial score (nSPS) is 12.1. The number of carboxylic acid groups (broad SMARTS) is 1. The van der Waals surface area contributed by atoms with Crippen LogP contribution < -0.4 is 5.32 Å². The van der Waals surface area contributed by atoms with Crippen molar-refractivity contribution in [3.05, 3.63) is 51.9 Å². The number of amides is 1. The number of thiophene rings is 1. The van der Waals surface area contributed by atoms with Gasteiger partial charge in [-0.3, -0.25) is 14.4 Å². The van der Waals surface area contributed by atoms with Crippen molar-refractivity contribution < 1.29 is 19.5 Å². The van der Waals surface area contributed by atoms with Crippen LogP contribution in [0, 0.1) is 13.8 Å². The largest absolute Gasteiger partial charge is 0.480 e. The molecule has 1 atom stereocenters. The molecule has 9 heteroatoms. The minimum absolute atomic E-state index is 0.192. The summed E-state index contributed by atoms with van der Waals surface area (Å²) in [5.74, 6) is -2.17. The summed E-state index contributed by atoms with van der Waals surface area (Å²) in [6, 6.07) is 8.77. The van der Waals surface area contributed by atoms with Gasteiger partial charge in [-0.15, -0.1) is 16.5 Å². The second-order valence-corrected chi connectivity index (χ2v) is 6.94. The summed E-state index contributed by atoms with van der Waals surface area (Å²) in [6.45, 7) is 3.11. The average molecular weight is 394 g/mol. The number of aliphatic carboxylic acids is 1. The molecule has 0 spiro atoms. The van der Waals surface area contributed by atoms with E-state index in [1.54, 1.807) is 24.3 Å². The van der Waals surface area contributed by atoms with Crippen molar-refractivity contribution in [1.82, 2.24) is 5.32 Å². The first-order valence-corrected chi connectivity index (χ1v) is 8.80. The van der Waals surface area contributed by atoms with E-state index in [0.29, 0.717) is 16.1 Å². The fourth-order valence-corrected chi connectivity index (χ4v) is 3.19. The maximum Gasteiger partial charge on any atom is 0.322 e. The highest BCUT2D eigenvalue weighted by atomic mass is 35.5. The minimum Gasteiger partial charge on any atom is -0.480 e. The van der Waals surface area contributed by atoms with Crippen molar-refractivity contribution in [2.24, 2.45) is 10.2 Å². The fourth-order valence-electron chi connectivity index (χ4n) is 2.08. The van der Waals surface area contributed by atoms with Crippen LogP contribution in [-0.2, 0) is 9.59 Å². The first-order chi connectivity index (χ1) is 12.3. The molecule has 0 aliphatic rings. The van der Waals surface area contributed by atoms with Gasteiger partial charge in [-0.1, -0.05) is 41.9 Å². The van der Waals surface area contributed by atoms with Crippen molar-refractivity contribution in [1.29, 1.82) is 0 Å². The number of hydrogen-bond donors (Lipinski definition) is 2. The molecule has 2 rings (SSSR count). The predicted molar refractivity (Wildman–Crippen MR) is 98.5 cm³/mol. The lowest BCUT2D eigenvalue weighted by Gasteiger charge is -2.04. The van der Waals surface area contributed by atoms with Crippen LogP contribution >= 0.6 is 22.9 Å². The van der Waals surface area contributed by atoms with Crippen LogP contribution in [0.15, 0.2) is 40.6 Å². The van der Waals surface area contributed by atoms with Gasteiger partial charge < -0.3 is 10.4 Å². The summed E-state index contributed by atoms with van der Waals surface area (Å²) in [4.78, 5) is 35.8. The lowest BCUT2D eigenvalue weighted by atomic mass is 10.0. The minimum atomic E-state index is -1.39. The molecule has 2 aromatic rings. The topological polar surface area (TPSA) is 108 Å². The number of carboxylic acids is 1. The lowest BCUT2D eigenvalue weighted by molar-refractivity contribution is -0.137. The number of carbonyl (C=O) groups excluding carboxylic acids is 2. The van der Waals surface area contributed by atoms with Gasteiger partial charge >= 0.3 is 5.97 Å². The maximum absolute atomic E-state index is 12.8. The van der Waals surface area contributed by atoms with Crippen LogP contribution in [0.5, 0.6) is 0 Å². The molecule has 0 saturated heterocycles. The van der Waals surface area contributed by atoms with Crippen molar-refractivity contribution in [2.75, 3.05) is 6.54 Å². The van der Waals surface area contributed by atoms with E-state index < -0.39 is 23.9 Å². The van der Waals surface area contributed by atoms with E-state index in [1.165, 1.54) is 11.3 Å². The summed E-state index contributed by atoms with van der Waals surface area (Å²) in [5.41, 5.74) is 0.333. The summed E-state index contributed by atoms with van der Waals surface area (Å²) < 4.78 is 0. The van der Waals surface area contributed by atoms with Gasteiger partial charge in [0.2, 0.25) is 5.50 Å². The Bertz CT molecular complexity index is 864. The standard InChI is InChI=1S/C17H16ClN3O4S/c1-9-10(2)26-17(13(9)14(24)11-6-4-3-5-7-11)21-20-15(18)16(25)19-8-12(22)23/h3-7,15H,8H2,1-2H3,(H,19,25)(H,22,23)/b21-20+. The SMILES string of the molecule is Cc1sc(/N=N/C(Cl)C(=O)NCC(=O)O)c(C(=O)c2ccccc2)c1C. The second-order valence-electron chi connectivity index (χ2n) is 5.32. The molecule has 7 nitrogen and oxygen atoms in total. The summed E-state index contributed by atoms with van der Waals surface area (Å²) in [7, 11) is 0. The van der Waals surface area contributed by atoms with Gasteiger partial charge in [-0.25, -0.2) is 0 Å². The molecule has 26 heavy (non-hydrogen) atoms. The molecule has 0 aliphatic heterocycles. The van der Waals surface area contributed by atoms with Crippen molar-refractivity contribution in [3.63, 3.8) is 0 Å². The monoisotopic (exact) mass is 393 g/mol. The van der Waals surface area contributed by atoms with E-state index in [4.69, 9.17) is 16.7 Å². The highest BCUT2D eigenvalue weighted by molar-refractivity contribution is 7.16. The van der Waals surface area contributed by atoms with Crippen LogP contribution in [0.1, 0.15) is 26.4 Å². The average Bonchev–Trinajstić information content (AvgIpc) is 2.91. The molecule has 2 N–H and O–H groups in total. The highest BCUT2D eigenvalue weighted by Gasteiger charge is 2.22. The molecule has 1 aromatic heterocycles. The Morgan fingerprint density at radius 2 is 1.88 bits per heavy atom. The van der Waals surface area contributed by atoms with Gasteiger partial charge in [-0.2, -0.15) is 5.11 Å². The first kappa shape index (κ1) is 19.7. The zero-order valence-electron chi connectivity index (χ0n) is 14.0. The maximum atomic E-state index is 12.8. The Morgan fingerprint density at radius 3 is 2.50 bits per heavy atom. The Hall–Kier alpha value is -2.58. The van der Waals surface area contributed by atoms with Gasteiger partial charge in [0, 0.05) is 10.4 Å². The molecule has 1 heterocycles. The highest BCUT2D eigenvalue weighted by Crippen LogP contribution is 2.36. The zero-order chi connectivity index (χ0) is 19.3. The molecule has 0 saturated carbocycles. The van der Waals surface area contributed by atoms with Crippen LogP contribution in [0.2, 0.25) is 0 Å². The molecule has 0 aliphatic carbocycles. The van der Waals surface area contributed by atoms with Crippen LogP contribution in [-0.4, -0.2) is 34.8 Å². The molecule has 0 fully saturated rings. The lowest BCUT2D eigenvalue weighted by Crippen LogP contribution is -2.34. The number of carbonyl (C=O) groups is 3. The predicted octanol–water partition coefficient (Wildman–Crippen LogP) is 3.45. The molecular formula is C17H16ClN3O4S. The van der Waals surface area contributed by atoms with Crippen LogP contribution in [0.3, 0.4) is 0 Å². The van der Waals surface area contributed by atoms with E-state index in [2.05, 4.69) is 15.5 Å². The Balaban J connectivity index is 2.25. The number of nitrogens with zero attached hydrogens (tertiary/aromatic N) is 2. The third-order valence-electron chi connectivity index (χ3n) is 3.51. The van der Waals surface area contributed by atoms with Gasteiger partial charge in [0.1, 0.15) is 11.5 Å². The number of benzene rings is 1. The second kappa shape index (κ2) is 8.68. The smallest absolute Gasteiger partial charge is 0.322 e. The number of hydrogen-bond acceptors (Lipinski definition) is 6. The number of alkyl halides is 1. The molecular weight excluding hydrogens is 378 g/mol. The molecule has 0 radical (unpaired) electrons. The fraction of sp³-hybridized carbons (Fsp3) is 0.235. The van der Waals surface area contributed by atoms with E-state index in [1.807, 2.05) is 19.9 Å². The number of halogens is 1. The van der Waals surface area contributed by atoms with Crippen molar-refractivity contribution in [2.45, 2.75) is 19.3 Å². The Morgan fingerprint density at radius 1 is 1.23 bits per heavy atom. The third-order valence-corrected chi connectivity index (χ3v) is 4.89. The molecule has 136 valence electrons. The summed E-state index contributed by atoms with van der Waals surface area (Å²) in [6.07, 6.45) is 0. The van der Waals surface area contributed by atoms with E-state index >= 15 is 0 Å². The molecule has 1 aromatic carbocycles. The van der Waals surface area contributed by atoms with Gasteiger partial charge in [0.05, 0.1) is 5.56 Å². The molecule has 1 unspecified atom stereocenters. The Labute approximate surface area is 158 Å². The summed E-state index contributed by atoms with van der Waals surface area (Å²) in [5, 5.41) is 18.7. The van der Waals surface area contributed by atoms with E-state index in [-0.39, 0.29) is 5.78 Å². The van der Waals surface area contributed by atoms with Crippen molar-refractivity contribution in [3.8, 4) is 0 Å². The quantitative estimate of drug-likeness (QED) is 0.325. The molecule has 1 amide bonds. The van der Waals surface area contributed by atoms with Gasteiger partial charge in [-0.05, 0) is 19.4 Å². The van der Waals surface area contributed by atoms with Gasteiger partial charge in [0.25, 0.3) is 5.91 Å². The number of aryl methyl sites for hydroxylation is 1.